The molecule has 142 valence electrons. The number of nitro benzene ring substituents is 1. The number of rotatable bonds is 7. The number of nitrogens with zero attached hydrogens (tertiary/aromatic N) is 3. The zero-order valence-electron chi connectivity index (χ0n) is 15.0. The van der Waals surface area contributed by atoms with Gasteiger partial charge in [-0.15, -0.1) is 0 Å². The van der Waals surface area contributed by atoms with E-state index in [0.29, 0.717) is 11.3 Å². The fourth-order valence-corrected chi connectivity index (χ4v) is 3.01. The second-order valence-corrected chi connectivity index (χ2v) is 6.50. The molecule has 0 bridgehead atoms. The van der Waals surface area contributed by atoms with Gasteiger partial charge in [-0.3, -0.25) is 14.9 Å². The molecule has 7 nitrogen and oxygen atoms in total. The highest BCUT2D eigenvalue weighted by molar-refractivity contribution is 7.77. The van der Waals surface area contributed by atoms with Gasteiger partial charge in [0.25, 0.3) is 5.69 Å². The van der Waals surface area contributed by atoms with E-state index < -0.39 is 11.0 Å². The number of carbonyl (C=O) groups excluding carboxylic acids is 1. The van der Waals surface area contributed by atoms with E-state index >= 15 is 0 Å². The normalized spacial score (nSPS) is 12.5. The van der Waals surface area contributed by atoms with Gasteiger partial charge < -0.3 is 22.0 Å². The van der Waals surface area contributed by atoms with Gasteiger partial charge in [0.05, 0.1) is 17.7 Å². The van der Waals surface area contributed by atoms with Crippen LogP contribution in [0.4, 0.5) is 5.69 Å². The standard InChI is InChI=1S/C20H17N3O4S/c1-14-7-8-15(12-17(14)23(25)26)19(24)18(22-9-3-2-4-10-22)20(28)21-13-16-6-5-11-27-16/h2-12,18H,13H2,1H3/t18-/m1/s1. The van der Waals surface area contributed by atoms with Crippen molar-refractivity contribution in [1.82, 2.24) is 0 Å². The zero-order valence-corrected chi connectivity index (χ0v) is 15.8. The summed E-state index contributed by atoms with van der Waals surface area (Å²) < 4.78 is 6.89. The summed E-state index contributed by atoms with van der Waals surface area (Å²) in [4.78, 5) is 28.3. The van der Waals surface area contributed by atoms with E-state index in [0.717, 1.165) is 0 Å². The van der Waals surface area contributed by atoms with Crippen LogP contribution in [0.2, 0.25) is 0 Å². The Bertz CT molecular complexity index is 1020. The number of hydrogen-bond acceptors (Lipinski definition) is 6. The molecule has 8 heteroatoms. The molecule has 2 heterocycles. The van der Waals surface area contributed by atoms with Gasteiger partial charge in [-0.05, 0) is 24.1 Å². The molecular weight excluding hydrogens is 378 g/mol. The summed E-state index contributed by atoms with van der Waals surface area (Å²) in [6.45, 7) is 1.83. The molecule has 0 radical (unpaired) electrons. The minimum Gasteiger partial charge on any atom is -0.758 e. The summed E-state index contributed by atoms with van der Waals surface area (Å²) in [5, 5.41) is 11.4. The molecule has 0 N–H and O–H groups in total. The molecule has 0 spiro atoms. The van der Waals surface area contributed by atoms with Gasteiger partial charge in [0.2, 0.25) is 11.8 Å². The molecule has 0 aliphatic carbocycles. The van der Waals surface area contributed by atoms with Crippen molar-refractivity contribution in [3.63, 3.8) is 0 Å². The number of aromatic nitrogens is 1. The Balaban J connectivity index is 1.99. The van der Waals surface area contributed by atoms with Crippen LogP contribution in [0, 0.1) is 17.0 Å². The van der Waals surface area contributed by atoms with Crippen LogP contribution in [0.1, 0.15) is 27.7 Å². The molecular formula is C20H17N3O4S. The minimum atomic E-state index is -0.895. The van der Waals surface area contributed by atoms with E-state index in [4.69, 9.17) is 17.0 Å². The van der Waals surface area contributed by atoms with E-state index in [1.807, 2.05) is 6.07 Å². The molecule has 2 aromatic heterocycles. The summed E-state index contributed by atoms with van der Waals surface area (Å²) in [5.74, 6) is 0.255. The molecule has 0 aliphatic rings. The van der Waals surface area contributed by atoms with E-state index in [1.165, 1.54) is 12.3 Å². The van der Waals surface area contributed by atoms with Crippen LogP contribution in [0.3, 0.4) is 0 Å². The number of benzene rings is 1. The Morgan fingerprint density at radius 3 is 2.64 bits per heavy atom. The van der Waals surface area contributed by atoms with Crippen LogP contribution < -0.4 is 4.57 Å². The molecule has 0 saturated heterocycles. The first-order chi connectivity index (χ1) is 13.5. The maximum absolute atomic E-state index is 13.2. The molecule has 0 unspecified atom stereocenters. The van der Waals surface area contributed by atoms with Crippen molar-refractivity contribution < 1.29 is 18.7 Å². The lowest BCUT2D eigenvalue weighted by Gasteiger charge is -2.18. The maximum atomic E-state index is 13.2. The first kappa shape index (κ1) is 19.4. The van der Waals surface area contributed by atoms with Crippen LogP contribution in [0.5, 0.6) is 0 Å². The van der Waals surface area contributed by atoms with Crippen LogP contribution >= 0.6 is 0 Å². The highest BCUT2D eigenvalue weighted by Crippen LogP contribution is 2.22. The van der Waals surface area contributed by atoms with Crippen molar-refractivity contribution in [2.45, 2.75) is 19.5 Å². The molecule has 0 aliphatic heterocycles. The van der Waals surface area contributed by atoms with Gasteiger partial charge in [0.15, 0.2) is 12.4 Å². The summed E-state index contributed by atoms with van der Waals surface area (Å²) in [5.41, 5.74) is 0.575. The summed E-state index contributed by atoms with van der Waals surface area (Å²) in [6, 6.07) is 12.4. The SMILES string of the molecule is Cc1ccc(C(=O)[C@H](C([S-])=NCc2ccco2)[n+]2ccccc2)cc1[N+](=O)[O-]. The van der Waals surface area contributed by atoms with Gasteiger partial charge in [0.1, 0.15) is 5.76 Å². The molecule has 28 heavy (non-hydrogen) atoms. The van der Waals surface area contributed by atoms with Gasteiger partial charge >= 0.3 is 0 Å². The van der Waals surface area contributed by atoms with Crippen molar-refractivity contribution in [3.8, 4) is 0 Å². The number of carbonyl (C=O) groups is 1. The van der Waals surface area contributed by atoms with Crippen molar-refractivity contribution >= 4 is 29.1 Å². The zero-order chi connectivity index (χ0) is 20.1. The number of nitro groups is 1. The third kappa shape index (κ3) is 4.29. The topological polar surface area (TPSA) is 89.6 Å². The molecule has 3 rings (SSSR count). The number of Topliss-reactive ketones (excluding diaryl/α,β-unsaturated/α-hetero) is 1. The third-order valence-electron chi connectivity index (χ3n) is 4.18. The average molecular weight is 395 g/mol. The molecule has 1 atom stereocenters. The minimum absolute atomic E-state index is 0.110. The lowest BCUT2D eigenvalue weighted by Crippen LogP contribution is -2.47. The summed E-state index contributed by atoms with van der Waals surface area (Å²) in [6.07, 6.45) is 4.95. The lowest BCUT2D eigenvalue weighted by atomic mass is 10.0. The third-order valence-corrected chi connectivity index (χ3v) is 4.53. The Morgan fingerprint density at radius 1 is 1.25 bits per heavy atom. The number of aryl methyl sites for hydroxylation is 1. The van der Waals surface area contributed by atoms with E-state index in [9.17, 15) is 14.9 Å². The lowest BCUT2D eigenvalue weighted by molar-refractivity contribution is -0.691. The number of ketones is 1. The average Bonchev–Trinajstić information content (AvgIpc) is 3.21. The number of furan rings is 1. The van der Waals surface area contributed by atoms with Crippen molar-refractivity contribution in [2.75, 3.05) is 0 Å². The second kappa shape index (κ2) is 8.53. The molecule has 0 fully saturated rings. The summed E-state index contributed by atoms with van der Waals surface area (Å²) in [7, 11) is 0. The van der Waals surface area contributed by atoms with E-state index in [-0.39, 0.29) is 28.6 Å². The Kier molecular flexibility index (Phi) is 5.90. The molecule has 0 saturated carbocycles. The Hall–Kier alpha value is -3.39. The number of aliphatic imine (C=N–C) groups is 1. The second-order valence-electron chi connectivity index (χ2n) is 6.08. The molecule has 3 aromatic rings. The van der Waals surface area contributed by atoms with Gasteiger partial charge in [-0.25, -0.2) is 0 Å². The first-order valence-corrected chi connectivity index (χ1v) is 8.87. The predicted molar refractivity (Wildman–Crippen MR) is 105 cm³/mol. The van der Waals surface area contributed by atoms with Crippen molar-refractivity contribution in [1.29, 1.82) is 0 Å². The molecule has 1 aromatic carbocycles. The summed E-state index contributed by atoms with van der Waals surface area (Å²) >= 11 is 5.43. The smallest absolute Gasteiger partial charge is 0.273 e. The Labute approximate surface area is 166 Å². The first-order valence-electron chi connectivity index (χ1n) is 8.46. The van der Waals surface area contributed by atoms with Crippen LogP contribution in [-0.2, 0) is 19.2 Å². The quantitative estimate of drug-likeness (QED) is 0.116. The van der Waals surface area contributed by atoms with Gasteiger partial charge in [-0.1, -0.05) is 18.2 Å². The van der Waals surface area contributed by atoms with Gasteiger partial charge in [-0.2, -0.15) is 4.57 Å². The Morgan fingerprint density at radius 2 is 2.00 bits per heavy atom. The van der Waals surface area contributed by atoms with Crippen molar-refractivity contribution in [2.24, 2.45) is 4.99 Å². The largest absolute Gasteiger partial charge is 0.758 e. The van der Waals surface area contributed by atoms with E-state index in [2.05, 4.69) is 4.99 Å². The fraction of sp³-hybridized carbons (Fsp3) is 0.150. The van der Waals surface area contributed by atoms with Crippen LogP contribution in [-0.4, -0.2) is 15.8 Å². The number of hydrogen-bond donors (Lipinski definition) is 0. The van der Waals surface area contributed by atoms with Crippen molar-refractivity contribution in [3.05, 3.63) is 94.2 Å². The predicted octanol–water partition coefficient (Wildman–Crippen LogP) is 3.35. The highest BCUT2D eigenvalue weighted by atomic mass is 32.1. The van der Waals surface area contributed by atoms with Crippen LogP contribution in [0.25, 0.3) is 0 Å². The van der Waals surface area contributed by atoms with Gasteiger partial charge in [0, 0.05) is 29.3 Å². The maximum Gasteiger partial charge on any atom is 0.273 e. The number of pyridine rings is 1. The van der Waals surface area contributed by atoms with Crippen LogP contribution in [0.15, 0.2) is 76.6 Å². The van der Waals surface area contributed by atoms with E-state index in [1.54, 1.807) is 60.3 Å². The molecule has 0 amide bonds. The fourth-order valence-electron chi connectivity index (χ4n) is 2.72. The highest BCUT2D eigenvalue weighted by Gasteiger charge is 2.29. The monoisotopic (exact) mass is 395 g/mol.